The number of nitrogens with zero attached hydrogens (tertiary/aromatic N) is 5. The first-order valence-corrected chi connectivity index (χ1v) is 11.9. The van der Waals surface area contributed by atoms with Gasteiger partial charge in [-0.2, -0.15) is 9.97 Å². The van der Waals surface area contributed by atoms with Crippen molar-refractivity contribution in [2.24, 2.45) is 5.73 Å². The van der Waals surface area contributed by atoms with Crippen molar-refractivity contribution >= 4 is 47.7 Å². The number of anilines is 2. The van der Waals surface area contributed by atoms with Gasteiger partial charge >= 0.3 is 0 Å². The van der Waals surface area contributed by atoms with Gasteiger partial charge in [-0.1, -0.05) is 25.7 Å². The van der Waals surface area contributed by atoms with E-state index in [-0.39, 0.29) is 31.5 Å². The van der Waals surface area contributed by atoms with E-state index in [4.69, 9.17) is 20.7 Å². The summed E-state index contributed by atoms with van der Waals surface area (Å²) in [4.78, 5) is 16.6. The first-order valence-electron chi connectivity index (χ1n) is 11.9. The van der Waals surface area contributed by atoms with Crippen molar-refractivity contribution in [3.05, 3.63) is 6.33 Å². The molecule has 3 aliphatic carbocycles. The summed E-state index contributed by atoms with van der Waals surface area (Å²) in [7, 11) is 0. The van der Waals surface area contributed by atoms with Crippen LogP contribution in [0.25, 0.3) is 11.2 Å². The molecule has 0 aliphatic heterocycles. The maximum Gasteiger partial charge on any atom is 0.227 e. The van der Waals surface area contributed by atoms with Crippen molar-refractivity contribution in [3.63, 3.8) is 0 Å². The highest BCUT2D eigenvalue weighted by molar-refractivity contribution is 5.86. The van der Waals surface area contributed by atoms with Crippen molar-refractivity contribution in [3.8, 4) is 0 Å². The van der Waals surface area contributed by atoms with Crippen LogP contribution in [0.4, 0.5) is 11.8 Å². The van der Waals surface area contributed by atoms with E-state index in [1.54, 1.807) is 0 Å². The number of rotatable bonds is 6. The summed E-state index contributed by atoms with van der Waals surface area (Å²) in [6, 6.07) is 1.46. The van der Waals surface area contributed by atoms with Gasteiger partial charge < -0.3 is 25.6 Å². The fraction of sp³-hybridized carbons (Fsp3) is 0.773. The summed E-state index contributed by atoms with van der Waals surface area (Å²) < 4.78 is 2.25. The van der Waals surface area contributed by atoms with E-state index in [9.17, 15) is 5.11 Å². The van der Waals surface area contributed by atoms with Crippen LogP contribution in [-0.4, -0.2) is 49.5 Å². The van der Waals surface area contributed by atoms with E-state index in [2.05, 4.69) is 9.88 Å². The van der Waals surface area contributed by atoms with Crippen LogP contribution in [0.2, 0.25) is 0 Å². The van der Waals surface area contributed by atoms with Crippen molar-refractivity contribution < 1.29 is 5.11 Å². The van der Waals surface area contributed by atoms with E-state index < -0.39 is 0 Å². The topological polar surface area (TPSA) is 105 Å². The maximum atomic E-state index is 10.3. The average Bonchev–Trinajstić information content (AvgIpc) is 3.52. The fourth-order valence-electron chi connectivity index (χ4n) is 5.63. The smallest absolute Gasteiger partial charge is 0.227 e. The van der Waals surface area contributed by atoms with Crippen molar-refractivity contribution in [2.45, 2.75) is 101 Å². The van der Waals surface area contributed by atoms with Gasteiger partial charge in [0, 0.05) is 24.2 Å². The largest absolute Gasteiger partial charge is 0.376 e. The molecule has 5 rings (SSSR count). The van der Waals surface area contributed by atoms with Crippen LogP contribution in [-0.2, 0) is 0 Å². The second-order valence-corrected chi connectivity index (χ2v) is 9.44. The van der Waals surface area contributed by atoms with E-state index in [1.165, 1.54) is 38.5 Å². The molecule has 180 valence electrons. The van der Waals surface area contributed by atoms with Crippen LogP contribution in [0, 0.1) is 0 Å². The molecule has 0 aromatic carbocycles. The number of imidazole rings is 1. The number of fused-ring (bicyclic) bond motifs is 1. The lowest BCUT2D eigenvalue weighted by Gasteiger charge is -2.29. The van der Waals surface area contributed by atoms with Crippen LogP contribution in [0.5, 0.6) is 0 Å². The van der Waals surface area contributed by atoms with Gasteiger partial charge in [0.05, 0.1) is 6.33 Å². The maximum absolute atomic E-state index is 10.3. The minimum absolute atomic E-state index is 0. The van der Waals surface area contributed by atoms with Crippen molar-refractivity contribution in [1.82, 2.24) is 19.5 Å². The Hall–Kier alpha value is -1.35. The molecule has 8 nitrogen and oxygen atoms in total. The van der Waals surface area contributed by atoms with Gasteiger partial charge in [-0.25, -0.2) is 4.98 Å². The molecule has 0 amide bonds. The first kappa shape index (κ1) is 25.3. The Morgan fingerprint density at radius 1 is 0.969 bits per heavy atom. The number of halogens is 2. The van der Waals surface area contributed by atoms with Crippen LogP contribution >= 0.6 is 24.8 Å². The summed E-state index contributed by atoms with van der Waals surface area (Å²) in [6.45, 7) is -0.0369. The lowest BCUT2D eigenvalue weighted by Crippen LogP contribution is -2.36. The highest BCUT2D eigenvalue weighted by Gasteiger charge is 2.29. The molecule has 3 fully saturated rings. The van der Waals surface area contributed by atoms with Crippen LogP contribution in [0.1, 0.15) is 83.1 Å². The molecule has 10 heteroatoms. The van der Waals surface area contributed by atoms with Gasteiger partial charge in [-0.15, -0.1) is 24.8 Å². The quantitative estimate of drug-likeness (QED) is 0.527. The molecule has 3 saturated carbocycles. The first-order chi connectivity index (χ1) is 14.7. The van der Waals surface area contributed by atoms with Gasteiger partial charge in [0.25, 0.3) is 0 Å². The molecule has 0 bridgehead atoms. The van der Waals surface area contributed by atoms with E-state index in [0.29, 0.717) is 30.1 Å². The standard InChI is InChI=1S/C22H35N7O.2ClH/c23-15-9-11-16(12-10-15)25-22-26-20-19(24-13-28(20)17-5-1-2-6-17)21(27-22)29(14-30)18-7-3-4-8-18;;/h13,15-18,30H,1-12,14,23H2,(H,25,26,27);2*1H/t15-,16-;;. The number of aromatic nitrogens is 4. The summed E-state index contributed by atoms with van der Waals surface area (Å²) in [5.41, 5.74) is 7.81. The molecule has 0 saturated heterocycles. The zero-order valence-corrected chi connectivity index (χ0v) is 20.3. The van der Waals surface area contributed by atoms with E-state index >= 15 is 0 Å². The number of hydrogen-bond donors (Lipinski definition) is 3. The third-order valence-corrected chi connectivity index (χ3v) is 7.42. The molecule has 0 unspecified atom stereocenters. The fourth-order valence-corrected chi connectivity index (χ4v) is 5.63. The van der Waals surface area contributed by atoms with Gasteiger partial charge in [0.15, 0.2) is 17.0 Å². The molecule has 0 radical (unpaired) electrons. The minimum atomic E-state index is -0.0369. The summed E-state index contributed by atoms with van der Waals surface area (Å²) in [5, 5.41) is 13.8. The van der Waals surface area contributed by atoms with Gasteiger partial charge in [0.2, 0.25) is 5.95 Å². The second-order valence-electron chi connectivity index (χ2n) is 9.44. The predicted octanol–water partition coefficient (Wildman–Crippen LogP) is 4.17. The van der Waals surface area contributed by atoms with Gasteiger partial charge in [-0.05, 0) is 51.4 Å². The molecular formula is C22H37Cl2N7O. The molecule has 4 N–H and O–H groups in total. The number of nitrogens with two attached hydrogens (primary N) is 1. The highest BCUT2D eigenvalue weighted by atomic mass is 35.5. The zero-order valence-electron chi connectivity index (χ0n) is 18.7. The zero-order chi connectivity index (χ0) is 20.5. The third-order valence-electron chi connectivity index (χ3n) is 7.42. The Morgan fingerprint density at radius 2 is 1.62 bits per heavy atom. The molecule has 32 heavy (non-hydrogen) atoms. The number of hydrogen-bond acceptors (Lipinski definition) is 7. The normalized spacial score (nSPS) is 24.3. The molecule has 3 aliphatic rings. The Morgan fingerprint density at radius 3 is 2.28 bits per heavy atom. The number of nitrogens with one attached hydrogen (secondary N) is 1. The predicted molar refractivity (Wildman–Crippen MR) is 133 cm³/mol. The molecule has 2 aromatic heterocycles. The monoisotopic (exact) mass is 485 g/mol. The van der Waals surface area contributed by atoms with Crippen molar-refractivity contribution in [2.75, 3.05) is 16.9 Å². The lowest BCUT2D eigenvalue weighted by atomic mass is 9.92. The number of aliphatic hydroxyl groups is 1. The Balaban J connectivity index is 0.00000144. The van der Waals surface area contributed by atoms with E-state index in [0.717, 1.165) is 55.5 Å². The Bertz CT molecular complexity index is 859. The summed E-state index contributed by atoms with van der Waals surface area (Å²) >= 11 is 0. The third kappa shape index (κ3) is 5.08. The SMILES string of the molecule is Cl.Cl.N[C@H]1CC[C@H](Nc2nc(N(CO)C3CCCC3)c3ncn(C4CCCC4)c3n2)CC1. The molecule has 2 heterocycles. The van der Waals surface area contributed by atoms with Crippen LogP contribution in [0.15, 0.2) is 6.33 Å². The molecular weight excluding hydrogens is 449 g/mol. The Kier molecular flexibility index (Phi) is 8.83. The summed E-state index contributed by atoms with van der Waals surface area (Å²) in [6.07, 6.45) is 15.6. The highest BCUT2D eigenvalue weighted by Crippen LogP contribution is 2.36. The molecule has 2 aromatic rings. The molecule has 0 atom stereocenters. The van der Waals surface area contributed by atoms with Crippen LogP contribution in [0.3, 0.4) is 0 Å². The minimum Gasteiger partial charge on any atom is -0.376 e. The average molecular weight is 486 g/mol. The van der Waals surface area contributed by atoms with Gasteiger partial charge in [-0.3, -0.25) is 0 Å². The van der Waals surface area contributed by atoms with Crippen molar-refractivity contribution in [1.29, 1.82) is 0 Å². The number of aliphatic hydroxyl groups excluding tert-OH is 1. The second kappa shape index (κ2) is 11.2. The van der Waals surface area contributed by atoms with E-state index in [1.807, 2.05) is 11.2 Å². The van der Waals surface area contributed by atoms with Gasteiger partial charge in [0.1, 0.15) is 6.73 Å². The Labute approximate surface area is 202 Å². The molecule has 0 spiro atoms. The lowest BCUT2D eigenvalue weighted by molar-refractivity contribution is 0.275. The van der Waals surface area contributed by atoms with Crippen LogP contribution < -0.4 is 16.0 Å². The summed E-state index contributed by atoms with van der Waals surface area (Å²) in [5.74, 6) is 1.44.